The van der Waals surface area contributed by atoms with Crippen LogP contribution >= 0.6 is 0 Å². The molecule has 1 aliphatic heterocycles. The summed E-state index contributed by atoms with van der Waals surface area (Å²) in [5, 5.41) is 10.4. The van der Waals surface area contributed by atoms with Gasteiger partial charge in [-0.25, -0.2) is 4.99 Å². The second-order valence-corrected chi connectivity index (χ2v) is 2.73. The van der Waals surface area contributed by atoms with Crippen molar-refractivity contribution < 1.29 is 9.90 Å². The molecule has 1 heterocycles. The Labute approximate surface area is 68.7 Å². The number of hydrogen-bond donors (Lipinski definition) is 1. The minimum Gasteiger partial charge on any atom is -0.502 e. The Balaban J connectivity index is 3.04. The smallest absolute Gasteiger partial charge is 0.313 e. The summed E-state index contributed by atoms with van der Waals surface area (Å²) in [6, 6.07) is 5.36. The van der Waals surface area contributed by atoms with E-state index in [0.717, 1.165) is 5.56 Å². The van der Waals surface area contributed by atoms with Crippen LogP contribution in [0.2, 0.25) is 0 Å². The maximum absolute atomic E-state index is 10.9. The molecular weight excluding hydrogens is 154 g/mol. The van der Waals surface area contributed by atoms with E-state index in [9.17, 15) is 9.90 Å². The van der Waals surface area contributed by atoms with Crippen molar-refractivity contribution in [3.8, 4) is 0 Å². The van der Waals surface area contributed by atoms with E-state index in [1.165, 1.54) is 0 Å². The van der Waals surface area contributed by atoms with E-state index in [2.05, 4.69) is 4.99 Å². The summed E-state index contributed by atoms with van der Waals surface area (Å²) >= 11 is 0. The molecule has 0 bridgehead atoms. The van der Waals surface area contributed by atoms with Crippen molar-refractivity contribution in [1.82, 2.24) is 0 Å². The van der Waals surface area contributed by atoms with Crippen molar-refractivity contribution in [1.29, 1.82) is 0 Å². The van der Waals surface area contributed by atoms with Gasteiger partial charge in [0.05, 0.1) is 10.6 Å². The van der Waals surface area contributed by atoms with Crippen LogP contribution < -0.4 is 10.6 Å². The molecule has 3 heteroatoms. The number of aliphatic hydroxyl groups is 1. The van der Waals surface area contributed by atoms with E-state index < -0.39 is 5.91 Å². The van der Waals surface area contributed by atoms with E-state index in [-0.39, 0.29) is 5.76 Å². The number of carbonyl (C=O) groups is 1. The Morgan fingerprint density at radius 1 is 1.42 bits per heavy atom. The predicted molar refractivity (Wildman–Crippen MR) is 43.0 cm³/mol. The van der Waals surface area contributed by atoms with Gasteiger partial charge in [0, 0.05) is 0 Å². The lowest BCUT2D eigenvalue weighted by molar-refractivity contribution is -0.114. The summed E-state index contributed by atoms with van der Waals surface area (Å²) in [5.74, 6) is -0.776. The Hall–Kier alpha value is -1.64. The molecule has 1 N–H and O–H groups in total. The first-order chi connectivity index (χ1) is 5.70. The van der Waals surface area contributed by atoms with Gasteiger partial charge in [-0.15, -0.1) is 0 Å². The molecule has 0 aromatic heterocycles. The van der Waals surface area contributed by atoms with E-state index >= 15 is 0 Å². The molecule has 0 spiro atoms. The summed E-state index contributed by atoms with van der Waals surface area (Å²) in [5.41, 5.74) is 0.875. The number of aliphatic hydroxyl groups excluding tert-OH is 1. The fraction of sp³-hybridized carbons (Fsp3) is 0.111. The van der Waals surface area contributed by atoms with Crippen molar-refractivity contribution in [2.24, 2.45) is 4.99 Å². The molecule has 0 aliphatic carbocycles. The predicted octanol–water partition coefficient (Wildman–Crippen LogP) is -0.179. The molecule has 1 aromatic rings. The highest BCUT2D eigenvalue weighted by Crippen LogP contribution is 1.96. The quantitative estimate of drug-likeness (QED) is 0.574. The molecule has 0 saturated carbocycles. The van der Waals surface area contributed by atoms with Gasteiger partial charge in [-0.3, -0.25) is 4.79 Å². The van der Waals surface area contributed by atoms with Crippen LogP contribution in [0, 0.1) is 6.92 Å². The second kappa shape index (κ2) is 2.17. The summed E-state index contributed by atoms with van der Waals surface area (Å²) in [6.07, 6.45) is 0. The van der Waals surface area contributed by atoms with E-state index in [0.29, 0.717) is 10.6 Å². The van der Waals surface area contributed by atoms with Gasteiger partial charge in [-0.05, 0) is 18.6 Å². The molecule has 0 atom stereocenters. The number of benzene rings is 1. The minimum absolute atomic E-state index is 0.233. The average molecular weight is 161 g/mol. The number of aryl methyl sites for hydroxylation is 1. The van der Waals surface area contributed by atoms with Crippen molar-refractivity contribution in [3.05, 3.63) is 34.3 Å². The maximum Gasteiger partial charge on any atom is 0.313 e. The third kappa shape index (κ3) is 0.763. The molecule has 1 amide bonds. The van der Waals surface area contributed by atoms with Gasteiger partial charge in [0.1, 0.15) is 0 Å². The molecule has 1 aliphatic rings. The monoisotopic (exact) mass is 161 g/mol. The summed E-state index contributed by atoms with van der Waals surface area (Å²) < 4.78 is 0. The number of carbonyl (C=O) groups excluding carboxylic acids is 1. The van der Waals surface area contributed by atoms with E-state index in [1.807, 2.05) is 19.1 Å². The first-order valence-electron chi connectivity index (χ1n) is 3.62. The molecular formula is C9H7NO2. The van der Waals surface area contributed by atoms with Gasteiger partial charge in [0.2, 0.25) is 0 Å². The third-order valence-corrected chi connectivity index (χ3v) is 1.91. The molecule has 0 radical (unpaired) electrons. The highest BCUT2D eigenvalue weighted by molar-refractivity contribution is 6.11. The molecule has 2 rings (SSSR count). The molecule has 0 saturated heterocycles. The average Bonchev–Trinajstić information content (AvgIpc) is 2.29. The molecule has 1 aromatic carbocycles. The fourth-order valence-corrected chi connectivity index (χ4v) is 1.32. The maximum atomic E-state index is 10.9. The van der Waals surface area contributed by atoms with Gasteiger partial charge in [-0.2, -0.15) is 0 Å². The van der Waals surface area contributed by atoms with Crippen LogP contribution in [-0.2, 0) is 4.79 Å². The molecule has 0 fully saturated rings. The Kier molecular flexibility index (Phi) is 1.27. The van der Waals surface area contributed by atoms with E-state index in [1.54, 1.807) is 6.07 Å². The normalized spacial score (nSPS) is 14.4. The van der Waals surface area contributed by atoms with Crippen molar-refractivity contribution >= 4 is 11.7 Å². The summed E-state index contributed by atoms with van der Waals surface area (Å²) in [6.45, 7) is 1.84. The second-order valence-electron chi connectivity index (χ2n) is 2.73. The lowest BCUT2D eigenvalue weighted by atomic mass is 10.2. The lowest BCUT2D eigenvalue weighted by Gasteiger charge is -1.90. The SMILES string of the molecule is Cc1cccc2c1=C(O)C(=O)N=2. The highest BCUT2D eigenvalue weighted by Gasteiger charge is 2.15. The Morgan fingerprint density at radius 3 is 2.83 bits per heavy atom. The summed E-state index contributed by atoms with van der Waals surface area (Å²) in [4.78, 5) is 14.6. The van der Waals surface area contributed by atoms with Gasteiger partial charge in [0.15, 0.2) is 5.76 Å². The third-order valence-electron chi connectivity index (χ3n) is 1.91. The number of hydrogen-bond acceptors (Lipinski definition) is 2. The molecule has 3 nitrogen and oxygen atoms in total. The van der Waals surface area contributed by atoms with Crippen molar-refractivity contribution in [2.75, 3.05) is 0 Å². The zero-order valence-corrected chi connectivity index (χ0v) is 6.53. The van der Waals surface area contributed by atoms with Crippen molar-refractivity contribution in [2.45, 2.75) is 6.92 Å². The van der Waals surface area contributed by atoms with Gasteiger partial charge >= 0.3 is 5.91 Å². The molecule has 12 heavy (non-hydrogen) atoms. The number of rotatable bonds is 0. The number of fused-ring (bicyclic) bond motifs is 1. The lowest BCUT2D eigenvalue weighted by Crippen LogP contribution is -2.25. The fourth-order valence-electron chi connectivity index (χ4n) is 1.32. The van der Waals surface area contributed by atoms with E-state index in [4.69, 9.17) is 0 Å². The van der Waals surface area contributed by atoms with Crippen LogP contribution in [0.25, 0.3) is 5.76 Å². The topological polar surface area (TPSA) is 49.7 Å². The number of nitrogens with zero attached hydrogens (tertiary/aromatic N) is 1. The standard InChI is InChI=1S/C9H7NO2/c1-5-3-2-4-6-7(5)8(11)9(12)10-6/h2-4H,1H3,(H,10,11,12). The van der Waals surface area contributed by atoms with Crippen LogP contribution in [0.4, 0.5) is 0 Å². The van der Waals surface area contributed by atoms with Crippen LogP contribution in [0.1, 0.15) is 5.56 Å². The van der Waals surface area contributed by atoms with Gasteiger partial charge in [0.25, 0.3) is 0 Å². The summed E-state index contributed by atoms with van der Waals surface area (Å²) in [7, 11) is 0. The first kappa shape index (κ1) is 7.03. The largest absolute Gasteiger partial charge is 0.502 e. The van der Waals surface area contributed by atoms with Crippen LogP contribution in [0.5, 0.6) is 0 Å². The highest BCUT2D eigenvalue weighted by atomic mass is 16.3. The van der Waals surface area contributed by atoms with Gasteiger partial charge < -0.3 is 5.11 Å². The first-order valence-corrected chi connectivity index (χ1v) is 3.62. The minimum atomic E-state index is -0.542. The molecule has 0 unspecified atom stereocenters. The van der Waals surface area contributed by atoms with Crippen LogP contribution in [0.3, 0.4) is 0 Å². The Morgan fingerprint density at radius 2 is 2.17 bits per heavy atom. The van der Waals surface area contributed by atoms with Crippen LogP contribution in [-0.4, -0.2) is 11.0 Å². The van der Waals surface area contributed by atoms with Crippen molar-refractivity contribution in [3.63, 3.8) is 0 Å². The van der Waals surface area contributed by atoms with Crippen LogP contribution in [0.15, 0.2) is 23.2 Å². The zero-order valence-electron chi connectivity index (χ0n) is 6.53. The Bertz CT molecular complexity index is 474. The van der Waals surface area contributed by atoms with Gasteiger partial charge in [-0.1, -0.05) is 12.1 Å². The zero-order chi connectivity index (χ0) is 8.72. The molecule has 60 valence electrons. The number of amides is 1.